The van der Waals surface area contributed by atoms with Gasteiger partial charge in [-0.15, -0.1) is 0 Å². The van der Waals surface area contributed by atoms with Crippen molar-refractivity contribution in [2.75, 3.05) is 18.1 Å². The lowest BCUT2D eigenvalue weighted by atomic mass is 9.91. The van der Waals surface area contributed by atoms with Crippen LogP contribution in [0.5, 0.6) is 0 Å². The van der Waals surface area contributed by atoms with Crippen molar-refractivity contribution in [2.45, 2.75) is 45.4 Å². The van der Waals surface area contributed by atoms with Gasteiger partial charge in [-0.25, -0.2) is 0 Å². The predicted octanol–water partition coefficient (Wildman–Crippen LogP) is 8.11. The average Bonchev–Trinajstić information content (AvgIpc) is 3.43. The molecular weight excluding hydrogens is 514 g/mol. The van der Waals surface area contributed by atoms with Crippen molar-refractivity contribution in [1.82, 2.24) is 10.3 Å². The van der Waals surface area contributed by atoms with Crippen LogP contribution in [-0.4, -0.2) is 29.4 Å². The van der Waals surface area contributed by atoms with E-state index in [2.05, 4.69) is 65.8 Å². The van der Waals surface area contributed by atoms with Gasteiger partial charge >= 0.3 is 5.97 Å². The van der Waals surface area contributed by atoms with E-state index in [0.717, 1.165) is 52.2 Å². The largest absolute Gasteiger partial charge is 0.466 e. The molecule has 5 aromatic rings. The fourth-order valence-electron chi connectivity index (χ4n) is 5.47. The Hall–Kier alpha value is -4.65. The van der Waals surface area contributed by atoms with Crippen LogP contribution in [-0.2, 0) is 14.9 Å². The average molecular weight is 548 g/mol. The maximum Gasteiger partial charge on any atom is 0.306 e. The second-order valence-electron chi connectivity index (χ2n) is 10.5. The summed E-state index contributed by atoms with van der Waals surface area (Å²) in [6, 6.07) is 28.8. The van der Waals surface area contributed by atoms with Crippen molar-refractivity contribution in [3.05, 3.63) is 96.2 Å². The van der Waals surface area contributed by atoms with Gasteiger partial charge in [-0.1, -0.05) is 89.2 Å². The summed E-state index contributed by atoms with van der Waals surface area (Å²) in [6.45, 7) is 6.92. The molecule has 0 atom stereocenters. The van der Waals surface area contributed by atoms with Crippen molar-refractivity contribution in [3.8, 4) is 33.7 Å². The summed E-state index contributed by atoms with van der Waals surface area (Å²) in [4.78, 5) is 14.1. The smallest absolute Gasteiger partial charge is 0.306 e. The third kappa shape index (κ3) is 5.27. The number of hydrogen-bond acceptors (Lipinski definition) is 7. The van der Waals surface area contributed by atoms with Crippen LogP contribution in [0.15, 0.2) is 94.0 Å². The van der Waals surface area contributed by atoms with Crippen molar-refractivity contribution in [2.24, 2.45) is 0 Å². The topological polar surface area (TPSA) is 81.6 Å². The molecule has 1 aliphatic carbocycles. The molecule has 0 N–H and O–H groups in total. The van der Waals surface area contributed by atoms with E-state index in [4.69, 9.17) is 13.8 Å². The minimum Gasteiger partial charge on any atom is -0.466 e. The molecule has 3 aromatic carbocycles. The zero-order valence-electron chi connectivity index (χ0n) is 23.6. The molecule has 41 heavy (non-hydrogen) atoms. The Morgan fingerprint density at radius 3 is 2.15 bits per heavy atom. The van der Waals surface area contributed by atoms with Gasteiger partial charge in [0.1, 0.15) is 17.1 Å². The Morgan fingerprint density at radius 2 is 1.51 bits per heavy atom. The van der Waals surface area contributed by atoms with Gasteiger partial charge in [0.15, 0.2) is 5.76 Å². The summed E-state index contributed by atoms with van der Waals surface area (Å²) in [5.41, 5.74) is 7.69. The molecule has 1 saturated carbocycles. The highest BCUT2D eigenvalue weighted by molar-refractivity contribution is 5.81. The summed E-state index contributed by atoms with van der Waals surface area (Å²) >= 11 is 0. The molecule has 0 bridgehead atoms. The molecule has 7 heteroatoms. The number of benzene rings is 3. The van der Waals surface area contributed by atoms with Crippen molar-refractivity contribution in [3.63, 3.8) is 0 Å². The van der Waals surface area contributed by atoms with E-state index in [1.807, 2.05) is 55.1 Å². The number of rotatable bonds is 10. The Labute approximate surface area is 239 Å². The first-order valence-electron chi connectivity index (χ1n) is 14.1. The maximum absolute atomic E-state index is 12.1. The number of aromatic nitrogens is 2. The molecule has 0 amide bonds. The summed E-state index contributed by atoms with van der Waals surface area (Å²) < 4.78 is 16.8. The van der Waals surface area contributed by atoms with E-state index in [0.29, 0.717) is 31.2 Å². The van der Waals surface area contributed by atoms with Gasteiger partial charge in [-0.2, -0.15) is 0 Å². The Morgan fingerprint density at radius 1 is 0.854 bits per heavy atom. The highest BCUT2D eigenvalue weighted by Crippen LogP contribution is 2.51. The number of carbonyl (C=O) groups excluding carboxylic acids is 1. The quantitative estimate of drug-likeness (QED) is 0.163. The molecule has 2 aromatic heterocycles. The molecule has 6 rings (SSSR count). The van der Waals surface area contributed by atoms with Crippen LogP contribution < -0.4 is 4.90 Å². The molecule has 208 valence electrons. The normalized spacial score (nSPS) is 13.6. The molecule has 1 fully saturated rings. The van der Waals surface area contributed by atoms with Gasteiger partial charge in [-0.05, 0) is 50.3 Å². The second kappa shape index (κ2) is 11.1. The van der Waals surface area contributed by atoms with Gasteiger partial charge in [0.2, 0.25) is 5.88 Å². The third-order valence-corrected chi connectivity index (χ3v) is 7.87. The lowest BCUT2D eigenvalue weighted by Gasteiger charge is -2.19. The van der Waals surface area contributed by atoms with Gasteiger partial charge in [0, 0.05) is 29.2 Å². The van der Waals surface area contributed by atoms with E-state index in [1.165, 1.54) is 5.56 Å². The predicted molar refractivity (Wildman–Crippen MR) is 159 cm³/mol. The third-order valence-electron chi connectivity index (χ3n) is 7.87. The molecule has 0 unspecified atom stereocenters. The molecule has 7 nitrogen and oxygen atoms in total. The minimum absolute atomic E-state index is 0.0638. The van der Waals surface area contributed by atoms with Gasteiger partial charge in [0.05, 0.1) is 13.0 Å². The van der Waals surface area contributed by atoms with Crippen LogP contribution in [0.3, 0.4) is 0 Å². The summed E-state index contributed by atoms with van der Waals surface area (Å²) in [6.07, 6.45) is 2.49. The first-order chi connectivity index (χ1) is 20.0. The number of anilines is 2. The first-order valence-corrected chi connectivity index (χ1v) is 14.1. The molecule has 1 aliphatic rings. The second-order valence-corrected chi connectivity index (χ2v) is 10.5. The van der Waals surface area contributed by atoms with Crippen molar-refractivity contribution in [1.29, 1.82) is 0 Å². The Bertz CT molecular complexity index is 1630. The van der Waals surface area contributed by atoms with E-state index in [9.17, 15) is 4.79 Å². The van der Waals surface area contributed by atoms with E-state index < -0.39 is 0 Å². The van der Waals surface area contributed by atoms with Gasteiger partial charge in [-0.3, -0.25) is 4.79 Å². The summed E-state index contributed by atoms with van der Waals surface area (Å²) in [7, 11) is 0. The SMILES string of the molecule is CCOC(=O)CC1(c2ccc(-c3ccc(-c4onc(C)c4N(CC)c4cc(-c5ccccc5)no4)cc3)cc2)CC1. The van der Waals surface area contributed by atoms with Crippen molar-refractivity contribution >= 4 is 17.5 Å². The van der Waals surface area contributed by atoms with Crippen LogP contribution in [0, 0.1) is 6.92 Å². The molecule has 2 heterocycles. The highest BCUT2D eigenvalue weighted by Gasteiger charge is 2.46. The monoisotopic (exact) mass is 547 g/mol. The Kier molecular flexibility index (Phi) is 7.18. The zero-order chi connectivity index (χ0) is 28.4. The minimum atomic E-state index is -0.117. The van der Waals surface area contributed by atoms with Crippen LogP contribution in [0.25, 0.3) is 33.7 Å². The standard InChI is InChI=1S/C34H33N3O4/c1-4-37(30-21-29(36-40-30)26-9-7-6-8-10-26)32-23(3)35-41-33(32)27-13-11-24(12-14-27)25-15-17-28(18-16-25)34(19-20-34)22-31(38)39-5-2/h6-18,21H,4-5,19-20,22H2,1-3H3. The number of hydrogen-bond donors (Lipinski definition) is 0. The van der Waals surface area contributed by atoms with Gasteiger partial charge < -0.3 is 18.7 Å². The van der Waals surface area contributed by atoms with Crippen molar-refractivity contribution < 1.29 is 18.6 Å². The number of aryl methyl sites for hydroxylation is 1. The number of ether oxygens (including phenoxy) is 1. The van der Waals surface area contributed by atoms with Crippen LogP contribution in [0.2, 0.25) is 0 Å². The van der Waals surface area contributed by atoms with E-state index in [1.54, 1.807) is 0 Å². The van der Waals surface area contributed by atoms with E-state index in [-0.39, 0.29) is 11.4 Å². The number of nitrogens with zero attached hydrogens (tertiary/aromatic N) is 3. The molecule has 0 saturated heterocycles. The number of carbonyl (C=O) groups is 1. The lowest BCUT2D eigenvalue weighted by molar-refractivity contribution is -0.143. The Balaban J connectivity index is 1.23. The van der Waals surface area contributed by atoms with Crippen LogP contribution >= 0.6 is 0 Å². The van der Waals surface area contributed by atoms with Crippen LogP contribution in [0.4, 0.5) is 11.6 Å². The first kappa shape index (κ1) is 26.6. The fraction of sp³-hybridized carbons (Fsp3) is 0.265. The number of esters is 1. The fourth-order valence-corrected chi connectivity index (χ4v) is 5.47. The molecule has 0 aliphatic heterocycles. The highest BCUT2D eigenvalue weighted by atomic mass is 16.5. The maximum atomic E-state index is 12.1. The summed E-state index contributed by atoms with van der Waals surface area (Å²) in [5, 5.41) is 8.59. The van der Waals surface area contributed by atoms with E-state index >= 15 is 0 Å². The molecule has 0 radical (unpaired) electrons. The lowest BCUT2D eigenvalue weighted by Crippen LogP contribution is -2.16. The van der Waals surface area contributed by atoms with Crippen LogP contribution in [0.1, 0.15) is 44.4 Å². The van der Waals surface area contributed by atoms with Gasteiger partial charge in [0.25, 0.3) is 0 Å². The molecular formula is C34H33N3O4. The molecule has 0 spiro atoms. The zero-order valence-corrected chi connectivity index (χ0v) is 23.6. The summed E-state index contributed by atoms with van der Waals surface area (Å²) in [5.74, 6) is 1.19.